The van der Waals surface area contributed by atoms with Crippen molar-refractivity contribution in [2.24, 2.45) is 15.9 Å². The lowest BCUT2D eigenvalue weighted by Crippen LogP contribution is -2.39. The van der Waals surface area contributed by atoms with Crippen LogP contribution in [-0.2, 0) is 16.6 Å². The van der Waals surface area contributed by atoms with Crippen molar-refractivity contribution >= 4 is 16.0 Å². The molecule has 1 aliphatic rings. The van der Waals surface area contributed by atoms with Crippen LogP contribution >= 0.6 is 0 Å². The summed E-state index contributed by atoms with van der Waals surface area (Å²) in [6.45, 7) is 0.276. The standard InChI is InChI=1S/C16H26N4O3S/c1-23-14-9-8-12(10-15(14)24(18,21)22)11-19-16(17)20-13-6-4-2-3-5-7-13/h8-10,13H,2-7,11H2,1H3,(H3,17,19,20)(H2,18,21,22). The molecule has 2 rings (SSSR count). The maximum Gasteiger partial charge on any atom is 0.241 e. The summed E-state index contributed by atoms with van der Waals surface area (Å²) in [4.78, 5) is 4.26. The van der Waals surface area contributed by atoms with Gasteiger partial charge in [-0.15, -0.1) is 0 Å². The summed E-state index contributed by atoms with van der Waals surface area (Å²) in [5.74, 6) is 0.602. The summed E-state index contributed by atoms with van der Waals surface area (Å²) in [5.41, 5.74) is 6.65. The fraction of sp³-hybridized carbons (Fsp3) is 0.562. The number of hydrogen-bond acceptors (Lipinski definition) is 4. The first kappa shape index (κ1) is 18.5. The van der Waals surface area contributed by atoms with Crippen molar-refractivity contribution in [2.45, 2.75) is 56.0 Å². The second kappa shape index (κ2) is 8.34. The molecule has 134 valence electrons. The van der Waals surface area contributed by atoms with Gasteiger partial charge in [0.15, 0.2) is 5.96 Å². The van der Waals surface area contributed by atoms with E-state index in [1.807, 2.05) is 0 Å². The van der Waals surface area contributed by atoms with Gasteiger partial charge in [0.25, 0.3) is 0 Å². The summed E-state index contributed by atoms with van der Waals surface area (Å²) in [6.07, 6.45) is 7.18. The lowest BCUT2D eigenvalue weighted by atomic mass is 10.1. The Morgan fingerprint density at radius 1 is 1.29 bits per heavy atom. The van der Waals surface area contributed by atoms with E-state index in [2.05, 4.69) is 10.3 Å². The van der Waals surface area contributed by atoms with Crippen molar-refractivity contribution < 1.29 is 13.2 Å². The van der Waals surface area contributed by atoms with Crippen molar-refractivity contribution in [3.8, 4) is 5.75 Å². The van der Waals surface area contributed by atoms with Crippen LogP contribution in [0.15, 0.2) is 28.1 Å². The zero-order valence-corrected chi connectivity index (χ0v) is 14.8. The second-order valence-electron chi connectivity index (χ2n) is 6.06. The average molecular weight is 354 g/mol. The summed E-state index contributed by atoms with van der Waals surface area (Å²) in [7, 11) is -2.45. The Hall–Kier alpha value is -1.80. The molecule has 0 saturated heterocycles. The quantitative estimate of drug-likeness (QED) is 0.420. The van der Waals surface area contributed by atoms with Gasteiger partial charge in [-0.3, -0.25) is 0 Å². The van der Waals surface area contributed by atoms with E-state index >= 15 is 0 Å². The van der Waals surface area contributed by atoms with Gasteiger partial charge in [-0.25, -0.2) is 18.5 Å². The van der Waals surface area contributed by atoms with Gasteiger partial charge in [0.05, 0.1) is 13.7 Å². The number of nitrogens with zero attached hydrogens (tertiary/aromatic N) is 1. The number of sulfonamides is 1. The number of nitrogens with one attached hydrogen (secondary N) is 1. The molecule has 0 radical (unpaired) electrons. The predicted octanol–water partition coefficient (Wildman–Crippen LogP) is 1.47. The van der Waals surface area contributed by atoms with Crippen LogP contribution < -0.4 is 20.9 Å². The van der Waals surface area contributed by atoms with Crippen LogP contribution in [0.4, 0.5) is 0 Å². The van der Waals surface area contributed by atoms with Gasteiger partial charge in [-0.05, 0) is 30.5 Å². The van der Waals surface area contributed by atoms with Crippen LogP contribution in [-0.4, -0.2) is 27.5 Å². The third-order valence-corrected chi connectivity index (χ3v) is 5.11. The van der Waals surface area contributed by atoms with Crippen LogP contribution in [0.1, 0.15) is 44.1 Å². The molecule has 5 N–H and O–H groups in total. The molecule has 1 fully saturated rings. The van der Waals surface area contributed by atoms with Crippen LogP contribution in [0, 0.1) is 0 Å². The minimum absolute atomic E-state index is 0.0481. The zero-order chi connectivity index (χ0) is 17.6. The first-order valence-electron chi connectivity index (χ1n) is 8.16. The fourth-order valence-corrected chi connectivity index (χ4v) is 3.64. The Morgan fingerprint density at radius 3 is 2.54 bits per heavy atom. The van der Waals surface area contributed by atoms with Gasteiger partial charge in [0.1, 0.15) is 10.6 Å². The van der Waals surface area contributed by atoms with E-state index in [1.165, 1.54) is 38.9 Å². The summed E-state index contributed by atoms with van der Waals surface area (Å²) >= 11 is 0. The number of ether oxygens (including phenoxy) is 1. The van der Waals surface area contributed by atoms with Gasteiger partial charge < -0.3 is 15.8 Å². The molecule has 1 aromatic rings. The molecule has 1 saturated carbocycles. The predicted molar refractivity (Wildman–Crippen MR) is 94.3 cm³/mol. The molecule has 1 aliphatic carbocycles. The molecule has 0 aliphatic heterocycles. The largest absolute Gasteiger partial charge is 0.495 e. The van der Waals surface area contributed by atoms with Crippen molar-refractivity contribution in [1.29, 1.82) is 0 Å². The molecular weight excluding hydrogens is 328 g/mol. The second-order valence-corrected chi connectivity index (χ2v) is 7.59. The molecule has 24 heavy (non-hydrogen) atoms. The van der Waals surface area contributed by atoms with Crippen LogP contribution in [0.5, 0.6) is 5.75 Å². The number of primary sulfonamides is 1. The van der Waals surface area contributed by atoms with E-state index in [9.17, 15) is 8.42 Å². The van der Waals surface area contributed by atoms with E-state index in [0.717, 1.165) is 12.8 Å². The molecule has 1 aromatic carbocycles. The van der Waals surface area contributed by atoms with Crippen molar-refractivity contribution in [3.63, 3.8) is 0 Å². The minimum Gasteiger partial charge on any atom is -0.495 e. The van der Waals surface area contributed by atoms with Gasteiger partial charge in [-0.1, -0.05) is 31.7 Å². The van der Waals surface area contributed by atoms with Crippen molar-refractivity contribution in [3.05, 3.63) is 23.8 Å². The summed E-state index contributed by atoms with van der Waals surface area (Å²) in [6, 6.07) is 5.15. The van der Waals surface area contributed by atoms with Gasteiger partial charge in [-0.2, -0.15) is 0 Å². The maximum atomic E-state index is 11.6. The first-order valence-corrected chi connectivity index (χ1v) is 9.71. The van der Waals surface area contributed by atoms with Crippen LogP contribution in [0.3, 0.4) is 0 Å². The zero-order valence-electron chi connectivity index (χ0n) is 14.0. The van der Waals surface area contributed by atoms with Gasteiger partial charge >= 0.3 is 0 Å². The van der Waals surface area contributed by atoms with E-state index in [-0.39, 0.29) is 17.2 Å². The van der Waals surface area contributed by atoms with Crippen LogP contribution in [0.2, 0.25) is 0 Å². The lowest BCUT2D eigenvalue weighted by molar-refractivity contribution is 0.402. The number of benzene rings is 1. The average Bonchev–Trinajstić information content (AvgIpc) is 2.80. The highest BCUT2D eigenvalue weighted by atomic mass is 32.2. The number of rotatable bonds is 5. The fourth-order valence-electron chi connectivity index (χ4n) is 2.90. The normalized spacial score (nSPS) is 17.3. The number of hydrogen-bond donors (Lipinski definition) is 3. The van der Waals surface area contributed by atoms with Crippen LogP contribution in [0.25, 0.3) is 0 Å². The SMILES string of the molecule is COc1ccc(CN=C(N)NC2CCCCCC2)cc1S(N)(=O)=O. The number of methoxy groups -OCH3 is 1. The highest BCUT2D eigenvalue weighted by Crippen LogP contribution is 2.24. The summed E-state index contributed by atoms with van der Waals surface area (Å²) in [5, 5.41) is 8.47. The highest BCUT2D eigenvalue weighted by molar-refractivity contribution is 7.89. The van der Waals surface area contributed by atoms with Gasteiger partial charge in [0.2, 0.25) is 10.0 Å². The number of guanidine groups is 1. The smallest absolute Gasteiger partial charge is 0.241 e. The molecule has 0 spiro atoms. The third kappa shape index (κ3) is 5.38. The molecule has 7 nitrogen and oxygen atoms in total. The van der Waals surface area contributed by atoms with Gasteiger partial charge in [0, 0.05) is 6.04 Å². The lowest BCUT2D eigenvalue weighted by Gasteiger charge is -2.16. The monoisotopic (exact) mass is 354 g/mol. The first-order chi connectivity index (χ1) is 11.4. The third-order valence-electron chi connectivity index (χ3n) is 4.17. The van der Waals surface area contributed by atoms with Crippen molar-refractivity contribution in [1.82, 2.24) is 5.32 Å². The molecule has 0 bridgehead atoms. The molecule has 0 unspecified atom stereocenters. The Morgan fingerprint density at radius 2 is 1.96 bits per heavy atom. The Labute approximate surface area is 143 Å². The maximum absolute atomic E-state index is 11.6. The van der Waals surface area contributed by atoms with E-state index in [0.29, 0.717) is 17.6 Å². The Kier molecular flexibility index (Phi) is 6.44. The number of nitrogens with two attached hydrogens (primary N) is 2. The topological polar surface area (TPSA) is 120 Å². The molecule has 0 amide bonds. The Bertz CT molecular complexity index is 681. The summed E-state index contributed by atoms with van der Waals surface area (Å²) < 4.78 is 28.3. The molecular formula is C16H26N4O3S. The highest BCUT2D eigenvalue weighted by Gasteiger charge is 2.16. The molecule has 8 heteroatoms. The van der Waals surface area contributed by atoms with E-state index in [1.54, 1.807) is 12.1 Å². The van der Waals surface area contributed by atoms with E-state index < -0.39 is 10.0 Å². The molecule has 0 aromatic heterocycles. The molecule has 0 heterocycles. The minimum atomic E-state index is -3.85. The van der Waals surface area contributed by atoms with Crippen molar-refractivity contribution in [2.75, 3.05) is 7.11 Å². The molecule has 0 atom stereocenters. The van der Waals surface area contributed by atoms with E-state index in [4.69, 9.17) is 15.6 Å². The Balaban J connectivity index is 2.04. The number of aliphatic imine (C=N–C) groups is 1.